The van der Waals surface area contributed by atoms with E-state index in [1.807, 2.05) is 19.2 Å². The van der Waals surface area contributed by atoms with Crippen LogP contribution in [0.4, 0.5) is 0 Å². The number of sulfonamides is 1. The van der Waals surface area contributed by atoms with Crippen LogP contribution < -0.4 is 9.88 Å². The largest absolute Gasteiger partial charge is 0.492 e. The van der Waals surface area contributed by atoms with E-state index in [1.54, 1.807) is 24.3 Å². The number of nitrogens with zero attached hydrogens (tertiary/aromatic N) is 3. The summed E-state index contributed by atoms with van der Waals surface area (Å²) in [7, 11) is -1.76. The topological polar surface area (TPSA) is 90.4 Å². The van der Waals surface area contributed by atoms with Gasteiger partial charge in [0.2, 0.25) is 10.0 Å². The Labute approximate surface area is 182 Å². The summed E-state index contributed by atoms with van der Waals surface area (Å²) in [6.45, 7) is 4.82. The highest BCUT2D eigenvalue weighted by atomic mass is 35.5. The van der Waals surface area contributed by atoms with Gasteiger partial charge in [-0.2, -0.15) is 0 Å². The Morgan fingerprint density at radius 3 is 2.60 bits per heavy atom. The molecule has 0 spiro atoms. The van der Waals surface area contributed by atoms with Crippen molar-refractivity contribution in [1.29, 1.82) is 0 Å². The molecule has 2 N–H and O–H groups in total. The number of ether oxygens (including phenoxy) is 1. The van der Waals surface area contributed by atoms with Crippen molar-refractivity contribution >= 4 is 32.7 Å². The third kappa shape index (κ3) is 5.72. The van der Waals surface area contributed by atoms with Crippen LogP contribution in [0.3, 0.4) is 0 Å². The lowest BCUT2D eigenvalue weighted by Crippen LogP contribution is -2.25. The number of imidazole rings is 1. The molecule has 3 rings (SSSR count). The number of aromatic nitrogens is 2. The average molecular weight is 451 g/mol. The molecule has 0 aliphatic carbocycles. The SMILES string of the molecule is CCCCn1c(CN(C)CCOc2ccc(Cl)cc2)nc2cc(S(N)(=O)=O)ccc21. The number of hydrogen-bond acceptors (Lipinski definition) is 5. The van der Waals surface area contributed by atoms with E-state index in [0.717, 1.165) is 36.5 Å². The Balaban J connectivity index is 1.73. The number of benzene rings is 2. The number of likely N-dealkylation sites (N-methyl/N-ethyl adjacent to an activating group) is 1. The van der Waals surface area contributed by atoms with Gasteiger partial charge in [-0.1, -0.05) is 24.9 Å². The Morgan fingerprint density at radius 1 is 1.20 bits per heavy atom. The quantitative estimate of drug-likeness (QED) is 0.509. The number of unbranched alkanes of at least 4 members (excludes halogenated alkanes) is 1. The number of halogens is 1. The number of fused-ring (bicyclic) bond motifs is 1. The van der Waals surface area contributed by atoms with Gasteiger partial charge >= 0.3 is 0 Å². The third-order valence-electron chi connectivity index (χ3n) is 4.83. The molecule has 0 fully saturated rings. The van der Waals surface area contributed by atoms with Crippen molar-refractivity contribution < 1.29 is 13.2 Å². The fourth-order valence-corrected chi connectivity index (χ4v) is 3.85. The zero-order valence-electron chi connectivity index (χ0n) is 17.2. The van der Waals surface area contributed by atoms with E-state index >= 15 is 0 Å². The highest BCUT2D eigenvalue weighted by molar-refractivity contribution is 7.89. The van der Waals surface area contributed by atoms with Crippen molar-refractivity contribution in [2.24, 2.45) is 5.14 Å². The second kappa shape index (κ2) is 9.78. The molecule has 0 bridgehead atoms. The lowest BCUT2D eigenvalue weighted by molar-refractivity contribution is 0.228. The van der Waals surface area contributed by atoms with Gasteiger partial charge in [0.15, 0.2) is 0 Å². The summed E-state index contributed by atoms with van der Waals surface area (Å²) in [5, 5.41) is 5.95. The van der Waals surface area contributed by atoms with Gasteiger partial charge in [-0.3, -0.25) is 4.90 Å². The number of rotatable bonds is 10. The summed E-state index contributed by atoms with van der Waals surface area (Å²) in [5.41, 5.74) is 1.55. The van der Waals surface area contributed by atoms with Crippen LogP contribution in [0.15, 0.2) is 47.4 Å². The summed E-state index contributed by atoms with van der Waals surface area (Å²) in [5.74, 6) is 1.66. The zero-order valence-corrected chi connectivity index (χ0v) is 18.8. The van der Waals surface area contributed by atoms with Gasteiger partial charge in [-0.15, -0.1) is 0 Å². The molecule has 1 aromatic heterocycles. The highest BCUT2D eigenvalue weighted by Crippen LogP contribution is 2.22. The predicted molar refractivity (Wildman–Crippen MR) is 119 cm³/mol. The maximum atomic E-state index is 11.7. The minimum Gasteiger partial charge on any atom is -0.492 e. The normalized spacial score (nSPS) is 12.0. The first kappa shape index (κ1) is 22.6. The van der Waals surface area contributed by atoms with E-state index < -0.39 is 10.0 Å². The molecular weight excluding hydrogens is 424 g/mol. The summed E-state index contributed by atoms with van der Waals surface area (Å²) >= 11 is 5.89. The molecule has 0 aliphatic heterocycles. The van der Waals surface area contributed by atoms with E-state index in [2.05, 4.69) is 16.4 Å². The van der Waals surface area contributed by atoms with Gasteiger partial charge in [0.1, 0.15) is 18.2 Å². The van der Waals surface area contributed by atoms with Gasteiger partial charge in [-0.25, -0.2) is 18.5 Å². The van der Waals surface area contributed by atoms with Crippen molar-refractivity contribution in [2.75, 3.05) is 20.2 Å². The summed E-state index contributed by atoms with van der Waals surface area (Å²) in [6.07, 6.45) is 2.07. The van der Waals surface area contributed by atoms with Crippen LogP contribution in [-0.2, 0) is 23.1 Å². The van der Waals surface area contributed by atoms with Crippen molar-refractivity contribution in [2.45, 2.75) is 37.8 Å². The molecule has 0 amide bonds. The van der Waals surface area contributed by atoms with Gasteiger partial charge in [0.25, 0.3) is 0 Å². The van der Waals surface area contributed by atoms with Crippen LogP contribution >= 0.6 is 11.6 Å². The van der Waals surface area contributed by atoms with Crippen molar-refractivity contribution in [1.82, 2.24) is 14.5 Å². The van der Waals surface area contributed by atoms with Crippen LogP contribution in [0.5, 0.6) is 5.75 Å². The fourth-order valence-electron chi connectivity index (χ4n) is 3.19. The summed E-state index contributed by atoms with van der Waals surface area (Å²) < 4.78 is 31.3. The molecule has 1 heterocycles. The van der Waals surface area contributed by atoms with Crippen LogP contribution in [0.25, 0.3) is 11.0 Å². The molecule has 0 atom stereocenters. The Hall–Kier alpha value is -2.13. The molecule has 162 valence electrons. The fraction of sp³-hybridized carbons (Fsp3) is 0.381. The lowest BCUT2D eigenvalue weighted by atomic mass is 10.3. The van der Waals surface area contributed by atoms with Crippen molar-refractivity contribution in [3.8, 4) is 5.75 Å². The molecule has 30 heavy (non-hydrogen) atoms. The standard InChI is InChI=1S/C21H27ClN4O3S/c1-3-4-11-26-20-10-9-18(30(23,27)28)14-19(20)24-21(26)15-25(2)12-13-29-17-7-5-16(22)6-8-17/h5-10,14H,3-4,11-13,15H2,1-2H3,(H2,23,27,28). The first-order valence-corrected chi connectivity index (χ1v) is 11.8. The number of primary sulfonamides is 1. The summed E-state index contributed by atoms with van der Waals surface area (Å²) in [4.78, 5) is 6.90. The second-order valence-corrected chi connectivity index (χ2v) is 9.27. The Bertz CT molecular complexity index is 1100. The summed E-state index contributed by atoms with van der Waals surface area (Å²) in [6, 6.07) is 12.1. The van der Waals surface area contributed by atoms with E-state index in [1.165, 1.54) is 6.07 Å². The minimum atomic E-state index is -3.76. The first-order chi connectivity index (χ1) is 14.3. The highest BCUT2D eigenvalue weighted by Gasteiger charge is 2.16. The monoisotopic (exact) mass is 450 g/mol. The number of hydrogen-bond donors (Lipinski definition) is 1. The third-order valence-corrected chi connectivity index (χ3v) is 5.99. The minimum absolute atomic E-state index is 0.0754. The smallest absolute Gasteiger partial charge is 0.238 e. The van der Waals surface area contributed by atoms with Crippen LogP contribution in [0, 0.1) is 0 Å². The van der Waals surface area contributed by atoms with Crippen molar-refractivity contribution in [3.05, 3.63) is 53.3 Å². The maximum Gasteiger partial charge on any atom is 0.238 e. The van der Waals surface area contributed by atoms with Gasteiger partial charge in [0.05, 0.1) is 22.5 Å². The van der Waals surface area contributed by atoms with Crippen LogP contribution in [0.2, 0.25) is 5.02 Å². The van der Waals surface area contributed by atoms with E-state index in [0.29, 0.717) is 30.2 Å². The predicted octanol–water partition coefficient (Wildman–Crippen LogP) is 3.65. The molecule has 0 saturated heterocycles. The molecule has 0 radical (unpaired) electrons. The molecule has 7 nitrogen and oxygen atoms in total. The average Bonchev–Trinajstić information content (AvgIpc) is 3.03. The van der Waals surface area contributed by atoms with Crippen LogP contribution in [-0.4, -0.2) is 43.1 Å². The van der Waals surface area contributed by atoms with Crippen molar-refractivity contribution in [3.63, 3.8) is 0 Å². The van der Waals surface area contributed by atoms with E-state index in [-0.39, 0.29) is 4.90 Å². The van der Waals surface area contributed by atoms with Gasteiger partial charge in [0, 0.05) is 18.1 Å². The van der Waals surface area contributed by atoms with E-state index in [4.69, 9.17) is 26.5 Å². The lowest BCUT2D eigenvalue weighted by Gasteiger charge is -2.18. The van der Waals surface area contributed by atoms with Gasteiger partial charge < -0.3 is 9.30 Å². The Morgan fingerprint density at radius 2 is 1.93 bits per heavy atom. The maximum absolute atomic E-state index is 11.7. The molecule has 0 saturated carbocycles. The number of nitrogens with two attached hydrogens (primary N) is 1. The second-order valence-electron chi connectivity index (χ2n) is 7.27. The van der Waals surface area contributed by atoms with Gasteiger partial charge in [-0.05, 0) is 55.9 Å². The molecule has 0 unspecified atom stereocenters. The van der Waals surface area contributed by atoms with E-state index in [9.17, 15) is 8.42 Å². The Kier molecular flexibility index (Phi) is 7.36. The molecule has 9 heteroatoms. The zero-order chi connectivity index (χ0) is 21.7. The molecule has 2 aromatic carbocycles. The molecule has 0 aliphatic rings. The first-order valence-electron chi connectivity index (χ1n) is 9.87. The number of aryl methyl sites for hydroxylation is 1. The molecular formula is C21H27ClN4O3S. The van der Waals surface area contributed by atoms with Crippen LogP contribution in [0.1, 0.15) is 25.6 Å². The molecule has 3 aromatic rings.